The summed E-state index contributed by atoms with van der Waals surface area (Å²) in [5.41, 5.74) is 1.01. The van der Waals surface area contributed by atoms with Crippen LogP contribution >= 0.6 is 0 Å². The third kappa shape index (κ3) is 3.23. The fourth-order valence-electron chi connectivity index (χ4n) is 2.16. The van der Waals surface area contributed by atoms with Gasteiger partial charge in [-0.1, -0.05) is 12.1 Å². The number of hydrogen-bond acceptors (Lipinski definition) is 3. The number of carbonyl (C=O) groups is 1. The Kier molecular flexibility index (Phi) is 3.84. The Morgan fingerprint density at radius 3 is 2.52 bits per heavy atom. The highest BCUT2D eigenvalue weighted by Crippen LogP contribution is 2.35. The third-order valence-corrected chi connectivity index (χ3v) is 3.24. The number of fused-ring (bicyclic) bond motifs is 1. The van der Waals surface area contributed by atoms with Gasteiger partial charge >= 0.3 is 0 Å². The summed E-state index contributed by atoms with van der Waals surface area (Å²) in [6.07, 6.45) is -0.0402. The summed E-state index contributed by atoms with van der Waals surface area (Å²) >= 11 is 0. The van der Waals surface area contributed by atoms with Crippen LogP contribution in [0.5, 0.6) is 5.88 Å². The zero-order valence-electron chi connectivity index (χ0n) is 11.8. The molecular formula is C16H11F2N3O2. The number of carbonyl (C=O) groups excluding carboxylic acids is 1. The first-order valence-electron chi connectivity index (χ1n) is 6.72. The molecule has 0 atom stereocenters. The molecule has 3 rings (SSSR count). The summed E-state index contributed by atoms with van der Waals surface area (Å²) in [7, 11) is 0. The lowest BCUT2D eigenvalue weighted by molar-refractivity contribution is -0.117. The maximum Gasteiger partial charge on any atom is 0.269 e. The number of nitrogens with zero attached hydrogens (tertiary/aromatic N) is 2. The van der Waals surface area contributed by atoms with E-state index in [1.54, 1.807) is 0 Å². The van der Waals surface area contributed by atoms with Crippen molar-refractivity contribution in [2.24, 2.45) is 10.2 Å². The van der Waals surface area contributed by atoms with Crippen molar-refractivity contribution in [1.29, 1.82) is 0 Å². The monoisotopic (exact) mass is 315 g/mol. The first-order valence-corrected chi connectivity index (χ1v) is 6.72. The Hall–Kier alpha value is -3.09. The highest BCUT2D eigenvalue weighted by molar-refractivity contribution is 5.94. The lowest BCUT2D eigenvalue weighted by Crippen LogP contribution is -1.97. The molecule has 3 aromatic rings. The quantitative estimate of drug-likeness (QED) is 0.716. The van der Waals surface area contributed by atoms with Crippen LogP contribution in [0.1, 0.15) is 5.56 Å². The van der Waals surface area contributed by atoms with Gasteiger partial charge in [0.15, 0.2) is 5.69 Å². The zero-order chi connectivity index (χ0) is 16.4. The Morgan fingerprint density at radius 1 is 1.09 bits per heavy atom. The highest BCUT2D eigenvalue weighted by atomic mass is 19.1. The van der Waals surface area contributed by atoms with Crippen LogP contribution in [0.3, 0.4) is 0 Å². The van der Waals surface area contributed by atoms with E-state index in [0.717, 1.165) is 0 Å². The average Bonchev–Trinajstić information content (AvgIpc) is 2.82. The molecule has 23 heavy (non-hydrogen) atoms. The van der Waals surface area contributed by atoms with E-state index in [4.69, 9.17) is 0 Å². The van der Waals surface area contributed by atoms with E-state index in [-0.39, 0.29) is 18.0 Å². The van der Waals surface area contributed by atoms with Gasteiger partial charge in [0.05, 0.1) is 11.9 Å². The lowest BCUT2D eigenvalue weighted by Gasteiger charge is -1.96. The van der Waals surface area contributed by atoms with Gasteiger partial charge in [-0.3, -0.25) is 4.79 Å². The normalized spacial score (nSPS) is 11.4. The van der Waals surface area contributed by atoms with Crippen LogP contribution in [0.4, 0.5) is 14.5 Å². The van der Waals surface area contributed by atoms with Crippen molar-refractivity contribution in [1.82, 2.24) is 4.98 Å². The summed E-state index contributed by atoms with van der Waals surface area (Å²) < 4.78 is 25.9. The zero-order valence-corrected chi connectivity index (χ0v) is 11.8. The van der Waals surface area contributed by atoms with Gasteiger partial charge in [-0.25, -0.2) is 8.78 Å². The number of halogens is 2. The summed E-state index contributed by atoms with van der Waals surface area (Å²) in [6.45, 7) is 0. The molecule has 1 aromatic heterocycles. The average molecular weight is 315 g/mol. The van der Waals surface area contributed by atoms with Crippen molar-refractivity contribution < 1.29 is 18.7 Å². The van der Waals surface area contributed by atoms with Crippen molar-refractivity contribution >= 4 is 22.5 Å². The van der Waals surface area contributed by atoms with Gasteiger partial charge in [-0.05, 0) is 35.9 Å². The number of rotatable bonds is 3. The molecule has 116 valence electrons. The van der Waals surface area contributed by atoms with Crippen LogP contribution in [0.25, 0.3) is 10.9 Å². The smallest absolute Gasteiger partial charge is 0.269 e. The number of H-pyrrole nitrogens is 1. The Balaban J connectivity index is 1.81. The Morgan fingerprint density at radius 2 is 1.78 bits per heavy atom. The molecule has 0 aliphatic heterocycles. The molecule has 1 amide bonds. The predicted molar refractivity (Wildman–Crippen MR) is 79.5 cm³/mol. The van der Waals surface area contributed by atoms with Crippen molar-refractivity contribution in [3.63, 3.8) is 0 Å². The number of aromatic nitrogens is 1. The summed E-state index contributed by atoms with van der Waals surface area (Å²) in [6, 6.07) is 9.31. The second kappa shape index (κ2) is 5.96. The summed E-state index contributed by atoms with van der Waals surface area (Å²) in [5.74, 6) is -1.70. The van der Waals surface area contributed by atoms with Gasteiger partial charge in [-0.2, -0.15) is 0 Å². The van der Waals surface area contributed by atoms with Crippen LogP contribution < -0.4 is 0 Å². The molecule has 0 bridgehead atoms. The number of amides is 1. The van der Waals surface area contributed by atoms with Gasteiger partial charge in [0.1, 0.15) is 11.6 Å². The van der Waals surface area contributed by atoms with Gasteiger partial charge < -0.3 is 10.1 Å². The number of nitrogens with one attached hydrogen (secondary N) is 1. The van der Waals surface area contributed by atoms with Crippen LogP contribution in [-0.2, 0) is 11.2 Å². The number of hydrogen-bond donors (Lipinski definition) is 2. The fraction of sp³-hybridized carbons (Fsp3) is 0.0625. The lowest BCUT2D eigenvalue weighted by atomic mass is 10.1. The summed E-state index contributed by atoms with van der Waals surface area (Å²) in [5, 5.41) is 17.5. The maximum atomic E-state index is 13.1. The number of azo groups is 1. The second-order valence-electron chi connectivity index (χ2n) is 4.91. The minimum Gasteiger partial charge on any atom is -0.493 e. The minimum atomic E-state index is -0.549. The molecule has 7 heteroatoms. The molecular weight excluding hydrogens is 304 g/mol. The van der Waals surface area contributed by atoms with Crippen molar-refractivity contribution in [3.8, 4) is 5.88 Å². The number of benzene rings is 2. The molecule has 5 nitrogen and oxygen atoms in total. The van der Waals surface area contributed by atoms with Gasteiger partial charge in [0.25, 0.3) is 5.91 Å². The van der Waals surface area contributed by atoms with E-state index in [9.17, 15) is 18.7 Å². The SMILES string of the molecule is O=C(Cc1ccc(F)cc1)N=Nc1c(O)[nH]c2cc(F)ccc12. The molecule has 2 aromatic carbocycles. The van der Waals surface area contributed by atoms with Crippen LogP contribution in [0, 0.1) is 11.6 Å². The first-order chi connectivity index (χ1) is 11.0. The van der Waals surface area contributed by atoms with Gasteiger partial charge in [-0.15, -0.1) is 10.2 Å². The van der Waals surface area contributed by atoms with Crippen LogP contribution in [0.2, 0.25) is 0 Å². The molecule has 0 saturated heterocycles. The molecule has 0 saturated carbocycles. The van der Waals surface area contributed by atoms with E-state index in [1.165, 1.54) is 42.5 Å². The Bertz CT molecular complexity index is 902. The van der Waals surface area contributed by atoms with E-state index >= 15 is 0 Å². The third-order valence-electron chi connectivity index (χ3n) is 3.24. The van der Waals surface area contributed by atoms with Crippen molar-refractivity contribution in [2.75, 3.05) is 0 Å². The van der Waals surface area contributed by atoms with Crippen molar-refractivity contribution in [2.45, 2.75) is 6.42 Å². The second-order valence-corrected chi connectivity index (χ2v) is 4.91. The van der Waals surface area contributed by atoms with E-state index in [1.807, 2.05) is 0 Å². The standard InChI is InChI=1S/C16H11F2N3O2/c17-10-3-1-9(2-4-10)7-14(22)20-21-15-12-6-5-11(18)8-13(12)19-16(15)23/h1-6,8,19,23H,7H2. The van der Waals surface area contributed by atoms with Gasteiger partial charge in [0, 0.05) is 5.39 Å². The molecule has 0 fully saturated rings. The van der Waals surface area contributed by atoms with E-state index < -0.39 is 17.5 Å². The van der Waals surface area contributed by atoms with Crippen molar-refractivity contribution in [3.05, 3.63) is 59.7 Å². The fourth-order valence-corrected chi connectivity index (χ4v) is 2.16. The minimum absolute atomic E-state index is 0.0402. The molecule has 0 aliphatic carbocycles. The predicted octanol–water partition coefficient (Wildman–Crippen LogP) is 4.00. The highest BCUT2D eigenvalue weighted by Gasteiger charge is 2.11. The molecule has 0 spiro atoms. The first kappa shape index (κ1) is 14.8. The van der Waals surface area contributed by atoms with E-state index in [2.05, 4.69) is 15.2 Å². The summed E-state index contributed by atoms with van der Waals surface area (Å²) in [4.78, 5) is 14.3. The molecule has 1 heterocycles. The molecule has 0 radical (unpaired) electrons. The Labute approximate surface area is 129 Å². The molecule has 0 unspecified atom stereocenters. The maximum absolute atomic E-state index is 13.1. The van der Waals surface area contributed by atoms with Crippen LogP contribution in [0.15, 0.2) is 52.7 Å². The van der Waals surface area contributed by atoms with Gasteiger partial charge in [0.2, 0.25) is 5.88 Å². The molecule has 2 N–H and O–H groups in total. The topological polar surface area (TPSA) is 77.8 Å². The number of aromatic amines is 1. The number of aromatic hydroxyl groups is 1. The van der Waals surface area contributed by atoms with Crippen LogP contribution in [-0.4, -0.2) is 16.0 Å². The largest absolute Gasteiger partial charge is 0.493 e. The molecule has 0 aliphatic rings. The van der Waals surface area contributed by atoms with E-state index in [0.29, 0.717) is 16.5 Å².